The second-order valence-electron chi connectivity index (χ2n) is 14.4. The van der Waals surface area contributed by atoms with Crippen molar-refractivity contribution in [3.05, 3.63) is 92.6 Å². The molecule has 0 bridgehead atoms. The SMILES string of the molecule is CC(C)NC(=O)[C@H]1CCc2c(sc3ncnc(Nc4cc5ccnn5cc4Cl)c23)C1.O=C(O)[C@H]1CCc2c(sc3ncnc(Nc4cc5ccnn5cc4Cl)c23)C1. The smallest absolute Gasteiger partial charge is 0.306 e. The number of aromatic nitrogens is 8. The number of hydrogen-bond donors (Lipinski definition) is 4. The van der Waals surface area contributed by atoms with Crippen molar-refractivity contribution in [1.82, 2.24) is 44.5 Å². The summed E-state index contributed by atoms with van der Waals surface area (Å²) < 4.78 is 3.44. The van der Waals surface area contributed by atoms with E-state index in [0.717, 1.165) is 78.4 Å². The van der Waals surface area contributed by atoms with Gasteiger partial charge in [0.15, 0.2) is 0 Å². The molecule has 4 N–H and O–H groups in total. The van der Waals surface area contributed by atoms with Crippen LogP contribution in [0.25, 0.3) is 31.5 Å². The molecule has 0 fully saturated rings. The number of carbonyl (C=O) groups excluding carboxylic acids is 1. The Hall–Kier alpha value is -5.42. The summed E-state index contributed by atoms with van der Waals surface area (Å²) in [7, 11) is 0. The number of halogens is 2. The minimum absolute atomic E-state index is 0.0102. The van der Waals surface area contributed by atoms with Crippen molar-refractivity contribution in [3.63, 3.8) is 0 Å². The van der Waals surface area contributed by atoms with E-state index in [-0.39, 0.29) is 23.8 Å². The largest absolute Gasteiger partial charge is 0.481 e. The first-order valence-corrected chi connectivity index (χ1v) is 20.8. The van der Waals surface area contributed by atoms with Gasteiger partial charge in [-0.25, -0.2) is 29.0 Å². The number of carboxylic acids is 1. The maximum Gasteiger partial charge on any atom is 0.306 e. The summed E-state index contributed by atoms with van der Waals surface area (Å²) in [6.45, 7) is 3.98. The van der Waals surface area contributed by atoms with Gasteiger partial charge in [-0.1, -0.05) is 23.2 Å². The summed E-state index contributed by atoms with van der Waals surface area (Å²) in [5, 5.41) is 30.6. The Kier molecular flexibility index (Phi) is 9.88. The quantitative estimate of drug-likeness (QED) is 0.121. The Bertz CT molecular complexity index is 2850. The molecule has 8 aromatic rings. The van der Waals surface area contributed by atoms with Gasteiger partial charge in [-0.05, 0) is 87.8 Å². The van der Waals surface area contributed by atoms with E-state index in [4.69, 9.17) is 23.2 Å². The third-order valence-electron chi connectivity index (χ3n) is 10.3. The minimum atomic E-state index is -0.733. The van der Waals surface area contributed by atoms with Gasteiger partial charge in [0.05, 0.1) is 49.1 Å². The second-order valence-corrected chi connectivity index (χ2v) is 17.4. The van der Waals surface area contributed by atoms with E-state index in [2.05, 4.69) is 46.1 Å². The summed E-state index contributed by atoms with van der Waals surface area (Å²) in [6.07, 6.45) is 14.4. The molecule has 2 aliphatic rings. The van der Waals surface area contributed by atoms with Crippen molar-refractivity contribution in [2.45, 2.75) is 58.4 Å². The number of aliphatic carboxylic acids is 1. The number of hydrogen-bond acceptors (Lipinski definition) is 12. The predicted octanol–water partition coefficient (Wildman–Crippen LogP) is 8.29. The molecule has 290 valence electrons. The average molecular weight is 841 g/mol. The Labute approximate surface area is 343 Å². The molecule has 8 heterocycles. The van der Waals surface area contributed by atoms with Crippen LogP contribution in [0.1, 0.15) is 47.6 Å². The lowest BCUT2D eigenvalue weighted by Crippen LogP contribution is -2.37. The number of carboxylic acid groups (broad SMARTS) is 1. The van der Waals surface area contributed by atoms with Crippen LogP contribution in [0.2, 0.25) is 10.0 Å². The van der Waals surface area contributed by atoms with E-state index in [9.17, 15) is 14.7 Å². The van der Waals surface area contributed by atoms with Crippen LogP contribution in [-0.2, 0) is 35.3 Å². The van der Waals surface area contributed by atoms with Crippen molar-refractivity contribution >= 4 is 112 Å². The third-order valence-corrected chi connectivity index (χ3v) is 13.2. The zero-order valence-corrected chi connectivity index (χ0v) is 33.8. The fraction of sp³-hybridized carbons (Fsp3) is 0.282. The van der Waals surface area contributed by atoms with Gasteiger partial charge >= 0.3 is 5.97 Å². The van der Waals surface area contributed by atoms with Crippen LogP contribution < -0.4 is 16.0 Å². The zero-order valence-electron chi connectivity index (χ0n) is 30.7. The van der Waals surface area contributed by atoms with Gasteiger partial charge in [-0.3, -0.25) is 9.59 Å². The van der Waals surface area contributed by atoms with Gasteiger partial charge < -0.3 is 21.1 Å². The molecule has 8 aromatic heterocycles. The normalized spacial score (nSPS) is 16.4. The molecular formula is C39H35Cl2N11O3S2. The fourth-order valence-electron chi connectivity index (χ4n) is 7.57. The highest BCUT2D eigenvalue weighted by Gasteiger charge is 2.31. The predicted molar refractivity (Wildman–Crippen MR) is 224 cm³/mol. The van der Waals surface area contributed by atoms with E-state index in [1.54, 1.807) is 62.8 Å². The first kappa shape index (κ1) is 37.2. The number of carbonyl (C=O) groups is 2. The molecule has 57 heavy (non-hydrogen) atoms. The Morgan fingerprint density at radius 3 is 1.75 bits per heavy atom. The van der Waals surface area contributed by atoms with Crippen LogP contribution in [0.15, 0.2) is 61.7 Å². The lowest BCUT2D eigenvalue weighted by atomic mass is 9.87. The number of aryl methyl sites for hydroxylation is 2. The van der Waals surface area contributed by atoms with E-state index < -0.39 is 5.97 Å². The standard InChI is InChI=1S/C21H21ClN6OS.C18H14ClN5O2S/c1-11(2)26-20(29)12-3-4-14-17(7-12)30-21-18(14)19(23-10-24-21)27-16-8-13-5-6-25-28(13)9-15(16)22;19-12-7-24-10(3-4-22-24)6-13(12)23-16-15-11-2-1-9(18(25)26)5-14(11)27-17(15)21-8-20-16/h5-6,8-12H,3-4,7H2,1-2H3,(H,26,29)(H,23,24,27);3-4,6-9H,1-2,5H2,(H,25,26)(H,20,21,23)/t12-;9-/m00/s1. The first-order valence-electron chi connectivity index (χ1n) is 18.4. The Balaban J connectivity index is 0.000000149. The summed E-state index contributed by atoms with van der Waals surface area (Å²) >= 11 is 16.1. The highest BCUT2D eigenvalue weighted by Crippen LogP contribution is 2.42. The van der Waals surface area contributed by atoms with Gasteiger partial charge in [0.2, 0.25) is 5.91 Å². The molecule has 0 aliphatic heterocycles. The first-order chi connectivity index (χ1) is 27.6. The minimum Gasteiger partial charge on any atom is -0.481 e. The van der Waals surface area contributed by atoms with Crippen LogP contribution in [0.5, 0.6) is 0 Å². The second kappa shape index (κ2) is 15.2. The average Bonchev–Trinajstić information content (AvgIpc) is 3.99. The molecule has 0 spiro atoms. The van der Waals surface area contributed by atoms with Crippen molar-refractivity contribution < 1.29 is 14.7 Å². The summed E-state index contributed by atoms with van der Waals surface area (Å²) in [5.41, 5.74) is 5.77. The molecule has 0 aromatic carbocycles. The summed E-state index contributed by atoms with van der Waals surface area (Å²) in [4.78, 5) is 45.8. The van der Waals surface area contributed by atoms with Crippen LogP contribution in [0.3, 0.4) is 0 Å². The lowest BCUT2D eigenvalue weighted by molar-refractivity contribution is -0.142. The number of rotatable bonds is 7. The van der Waals surface area contributed by atoms with Crippen molar-refractivity contribution in [3.8, 4) is 0 Å². The molecule has 18 heteroatoms. The molecule has 1 amide bonds. The molecule has 2 atom stereocenters. The molecule has 0 unspecified atom stereocenters. The number of thiophene rings is 2. The van der Waals surface area contributed by atoms with Crippen molar-refractivity contribution in [2.75, 3.05) is 10.6 Å². The van der Waals surface area contributed by atoms with Crippen LogP contribution in [-0.4, -0.2) is 62.2 Å². The van der Waals surface area contributed by atoms with E-state index in [0.29, 0.717) is 35.1 Å². The Morgan fingerprint density at radius 2 is 1.26 bits per heavy atom. The fourth-order valence-corrected chi connectivity index (χ4v) is 10.5. The van der Waals surface area contributed by atoms with Crippen molar-refractivity contribution in [1.29, 1.82) is 0 Å². The highest BCUT2D eigenvalue weighted by atomic mass is 35.5. The number of fused-ring (bicyclic) bond motifs is 8. The lowest BCUT2D eigenvalue weighted by Gasteiger charge is -2.23. The maximum atomic E-state index is 12.5. The molecular weight excluding hydrogens is 806 g/mol. The number of nitrogens with one attached hydrogen (secondary N) is 3. The van der Waals surface area contributed by atoms with Gasteiger partial charge in [0, 0.05) is 46.5 Å². The topological polar surface area (TPSA) is 177 Å². The molecule has 0 saturated heterocycles. The van der Waals surface area contributed by atoms with E-state index >= 15 is 0 Å². The summed E-state index contributed by atoms with van der Waals surface area (Å²) in [5.74, 6) is 0.525. The molecule has 10 rings (SSSR count). The number of amides is 1. The van der Waals surface area contributed by atoms with Crippen LogP contribution >= 0.6 is 45.9 Å². The van der Waals surface area contributed by atoms with Gasteiger partial charge in [-0.15, -0.1) is 22.7 Å². The van der Waals surface area contributed by atoms with Crippen molar-refractivity contribution in [2.24, 2.45) is 11.8 Å². The maximum absolute atomic E-state index is 12.5. The monoisotopic (exact) mass is 839 g/mol. The molecule has 0 radical (unpaired) electrons. The highest BCUT2D eigenvalue weighted by molar-refractivity contribution is 7.19. The van der Waals surface area contributed by atoms with Gasteiger partial charge in [-0.2, -0.15) is 10.2 Å². The van der Waals surface area contributed by atoms with Crippen LogP contribution in [0, 0.1) is 11.8 Å². The molecule has 14 nitrogen and oxygen atoms in total. The van der Waals surface area contributed by atoms with Gasteiger partial charge in [0.1, 0.15) is 34.0 Å². The summed E-state index contributed by atoms with van der Waals surface area (Å²) in [6, 6.07) is 7.85. The van der Waals surface area contributed by atoms with Crippen LogP contribution in [0.4, 0.5) is 23.0 Å². The van der Waals surface area contributed by atoms with Gasteiger partial charge in [0.25, 0.3) is 0 Å². The number of anilines is 4. The molecule has 2 aliphatic carbocycles. The zero-order chi connectivity index (χ0) is 39.4. The Morgan fingerprint density at radius 1 is 0.772 bits per heavy atom. The van der Waals surface area contributed by atoms with E-state index in [1.165, 1.54) is 16.8 Å². The number of nitrogens with zero attached hydrogens (tertiary/aromatic N) is 8. The third kappa shape index (κ3) is 7.22. The number of pyridine rings is 2. The van der Waals surface area contributed by atoms with E-state index in [1.807, 2.05) is 38.1 Å². The molecule has 0 saturated carbocycles.